The van der Waals surface area contributed by atoms with Crippen molar-refractivity contribution < 1.29 is 8.42 Å². The van der Waals surface area contributed by atoms with E-state index in [4.69, 9.17) is 5.73 Å². The molecule has 0 aliphatic carbocycles. The molecule has 0 atom stereocenters. The predicted octanol–water partition coefficient (Wildman–Crippen LogP) is 0.504. The van der Waals surface area contributed by atoms with Crippen molar-refractivity contribution in [2.24, 2.45) is 12.8 Å². The van der Waals surface area contributed by atoms with Crippen LogP contribution in [0.15, 0.2) is 28.7 Å². The maximum absolute atomic E-state index is 12.1. The number of nitrogens with two attached hydrogens (primary N) is 1. The summed E-state index contributed by atoms with van der Waals surface area (Å²) in [6, 6.07) is 3.43. The van der Waals surface area contributed by atoms with Gasteiger partial charge in [0.2, 0.25) is 10.0 Å². The molecule has 0 fully saturated rings. The van der Waals surface area contributed by atoms with Gasteiger partial charge in [0.25, 0.3) is 0 Å². The average molecular weight is 314 g/mol. The summed E-state index contributed by atoms with van der Waals surface area (Å²) in [6.07, 6.45) is 4.79. The van der Waals surface area contributed by atoms with Gasteiger partial charge in [0.05, 0.1) is 0 Å². The molecule has 2 heterocycles. The number of imidazole rings is 1. The van der Waals surface area contributed by atoms with Gasteiger partial charge >= 0.3 is 0 Å². The zero-order chi connectivity index (χ0) is 14.6. The first kappa shape index (κ1) is 15.2. The van der Waals surface area contributed by atoms with Crippen molar-refractivity contribution in [3.8, 4) is 0 Å². The Labute approximate surface area is 122 Å². The van der Waals surface area contributed by atoms with Gasteiger partial charge in [-0.05, 0) is 25.1 Å². The molecule has 3 N–H and O–H groups in total. The molecule has 0 spiro atoms. The van der Waals surface area contributed by atoms with Crippen LogP contribution in [0.5, 0.6) is 0 Å². The van der Waals surface area contributed by atoms with E-state index in [2.05, 4.69) is 9.71 Å². The van der Waals surface area contributed by atoms with Gasteiger partial charge in [-0.3, -0.25) is 0 Å². The van der Waals surface area contributed by atoms with E-state index >= 15 is 0 Å². The summed E-state index contributed by atoms with van der Waals surface area (Å²) >= 11 is 1.26. The number of nitrogens with one attached hydrogen (secondary N) is 1. The van der Waals surface area contributed by atoms with Gasteiger partial charge in [-0.2, -0.15) is 0 Å². The summed E-state index contributed by atoms with van der Waals surface area (Å²) in [5, 5.41) is 0. The fourth-order valence-corrected chi connectivity index (χ4v) is 4.23. The second kappa shape index (κ2) is 6.49. The van der Waals surface area contributed by atoms with Crippen LogP contribution in [0.4, 0.5) is 0 Å². The summed E-state index contributed by atoms with van der Waals surface area (Å²) in [5.41, 5.74) is 5.46. The molecule has 8 heteroatoms. The Hall–Kier alpha value is -1.22. The molecule has 0 unspecified atom stereocenters. The first-order chi connectivity index (χ1) is 9.53. The second-order valence-corrected chi connectivity index (χ2v) is 7.52. The second-order valence-electron chi connectivity index (χ2n) is 4.36. The topological polar surface area (TPSA) is 90.0 Å². The first-order valence-electron chi connectivity index (χ1n) is 6.27. The fourth-order valence-electron chi connectivity index (χ4n) is 1.78. The van der Waals surface area contributed by atoms with Crippen LogP contribution >= 0.6 is 11.3 Å². The summed E-state index contributed by atoms with van der Waals surface area (Å²) < 4.78 is 29.0. The molecule has 0 saturated carbocycles. The van der Waals surface area contributed by atoms with E-state index in [-0.39, 0.29) is 0 Å². The van der Waals surface area contributed by atoms with Crippen LogP contribution in [0.1, 0.15) is 10.7 Å². The van der Waals surface area contributed by atoms with E-state index < -0.39 is 10.0 Å². The average Bonchev–Trinajstić information content (AvgIpc) is 3.00. The fraction of sp³-hybridized carbons (Fsp3) is 0.417. The number of sulfonamides is 1. The Bertz CT molecular complexity index is 661. The molecule has 6 nitrogen and oxygen atoms in total. The quantitative estimate of drug-likeness (QED) is 0.779. The van der Waals surface area contributed by atoms with Gasteiger partial charge in [-0.1, -0.05) is 0 Å². The molecule has 20 heavy (non-hydrogen) atoms. The molecule has 2 rings (SSSR count). The van der Waals surface area contributed by atoms with Crippen molar-refractivity contribution in [1.82, 2.24) is 14.3 Å². The van der Waals surface area contributed by atoms with E-state index in [0.717, 1.165) is 10.7 Å². The van der Waals surface area contributed by atoms with Gasteiger partial charge in [0.15, 0.2) is 0 Å². The zero-order valence-corrected chi connectivity index (χ0v) is 12.9. The Morgan fingerprint density at radius 1 is 1.40 bits per heavy atom. The largest absolute Gasteiger partial charge is 0.338 e. The number of aryl methyl sites for hydroxylation is 1. The minimum Gasteiger partial charge on any atom is -0.338 e. The van der Waals surface area contributed by atoms with Gasteiger partial charge in [0, 0.05) is 37.3 Å². The smallest absolute Gasteiger partial charge is 0.250 e. The van der Waals surface area contributed by atoms with Crippen molar-refractivity contribution in [3.63, 3.8) is 0 Å². The first-order valence-corrected chi connectivity index (χ1v) is 8.57. The third-order valence-corrected chi connectivity index (χ3v) is 5.95. The highest BCUT2D eigenvalue weighted by molar-refractivity contribution is 7.91. The molecular formula is C12H18N4O2S2. The normalized spacial score (nSPS) is 11.9. The molecule has 0 saturated heterocycles. The molecule has 0 radical (unpaired) electrons. The Morgan fingerprint density at radius 3 is 2.85 bits per heavy atom. The Kier molecular flexibility index (Phi) is 4.92. The minimum atomic E-state index is -3.43. The SMILES string of the molecule is Cn1ccnc1CCNS(=O)(=O)c1ccc(CCN)s1. The van der Waals surface area contributed by atoms with Gasteiger partial charge < -0.3 is 10.3 Å². The minimum absolute atomic E-state index is 0.331. The van der Waals surface area contributed by atoms with Crippen LogP contribution in [0.2, 0.25) is 0 Å². The molecule has 0 aliphatic heterocycles. The lowest BCUT2D eigenvalue weighted by Gasteiger charge is -2.05. The van der Waals surface area contributed by atoms with Crippen molar-refractivity contribution in [3.05, 3.63) is 35.2 Å². The molecule has 2 aromatic heterocycles. The lowest BCUT2D eigenvalue weighted by Crippen LogP contribution is -2.25. The maximum Gasteiger partial charge on any atom is 0.250 e. The number of nitrogens with zero attached hydrogens (tertiary/aromatic N) is 2. The number of thiophene rings is 1. The summed E-state index contributed by atoms with van der Waals surface area (Å²) in [7, 11) is -1.55. The number of rotatable bonds is 7. The predicted molar refractivity (Wildman–Crippen MR) is 79.2 cm³/mol. The van der Waals surface area contributed by atoms with Crippen molar-refractivity contribution in [1.29, 1.82) is 0 Å². The zero-order valence-electron chi connectivity index (χ0n) is 11.2. The summed E-state index contributed by atoms with van der Waals surface area (Å²) in [6.45, 7) is 0.851. The van der Waals surface area contributed by atoms with Crippen LogP contribution in [0.3, 0.4) is 0 Å². The highest BCUT2D eigenvalue weighted by Gasteiger charge is 2.16. The van der Waals surface area contributed by atoms with E-state index in [1.54, 1.807) is 12.3 Å². The van der Waals surface area contributed by atoms with Gasteiger partial charge in [-0.25, -0.2) is 18.1 Å². The number of hydrogen-bond donors (Lipinski definition) is 2. The van der Waals surface area contributed by atoms with Crippen LogP contribution < -0.4 is 10.5 Å². The summed E-state index contributed by atoms with van der Waals surface area (Å²) in [4.78, 5) is 5.14. The van der Waals surface area contributed by atoms with E-state index in [1.807, 2.05) is 23.9 Å². The lowest BCUT2D eigenvalue weighted by atomic mass is 10.3. The molecule has 0 aromatic carbocycles. The molecule has 0 aliphatic rings. The maximum atomic E-state index is 12.1. The van der Waals surface area contributed by atoms with Crippen molar-refractivity contribution >= 4 is 21.4 Å². The highest BCUT2D eigenvalue weighted by Crippen LogP contribution is 2.21. The Morgan fingerprint density at radius 2 is 2.20 bits per heavy atom. The standard InChI is InChI=1S/C12H18N4O2S2/c1-16-9-8-14-11(16)5-7-15-20(17,18)12-3-2-10(19-12)4-6-13/h2-3,8-9,15H,4-7,13H2,1H3. The van der Waals surface area contributed by atoms with E-state index in [9.17, 15) is 8.42 Å². The lowest BCUT2D eigenvalue weighted by molar-refractivity contribution is 0.582. The third kappa shape index (κ3) is 3.66. The molecule has 110 valence electrons. The number of aromatic nitrogens is 2. The number of hydrogen-bond acceptors (Lipinski definition) is 5. The molecule has 0 amide bonds. The van der Waals surface area contributed by atoms with Crippen LogP contribution in [-0.2, 0) is 29.9 Å². The van der Waals surface area contributed by atoms with Gasteiger partial charge in [0.1, 0.15) is 10.0 Å². The van der Waals surface area contributed by atoms with Crippen LogP contribution in [0.25, 0.3) is 0 Å². The third-order valence-electron chi connectivity index (χ3n) is 2.85. The van der Waals surface area contributed by atoms with Crippen LogP contribution in [-0.4, -0.2) is 31.1 Å². The van der Waals surface area contributed by atoms with Gasteiger partial charge in [-0.15, -0.1) is 11.3 Å². The van der Waals surface area contributed by atoms with Crippen molar-refractivity contribution in [2.75, 3.05) is 13.1 Å². The van der Waals surface area contributed by atoms with E-state index in [0.29, 0.717) is 30.1 Å². The van der Waals surface area contributed by atoms with Crippen LogP contribution in [0, 0.1) is 0 Å². The molecular weight excluding hydrogens is 296 g/mol. The monoisotopic (exact) mass is 314 g/mol. The highest BCUT2D eigenvalue weighted by atomic mass is 32.2. The summed E-state index contributed by atoms with van der Waals surface area (Å²) in [5.74, 6) is 0.850. The molecule has 0 bridgehead atoms. The van der Waals surface area contributed by atoms with Crippen molar-refractivity contribution in [2.45, 2.75) is 17.1 Å². The molecule has 2 aromatic rings. The Balaban J connectivity index is 1.95. The van der Waals surface area contributed by atoms with E-state index in [1.165, 1.54) is 11.3 Å².